The fourth-order valence-corrected chi connectivity index (χ4v) is 3.15. The highest BCUT2D eigenvalue weighted by Gasteiger charge is 2.51. The zero-order chi connectivity index (χ0) is 20.8. The first kappa shape index (κ1) is 19.3. The van der Waals surface area contributed by atoms with Gasteiger partial charge in [0.1, 0.15) is 29.5 Å². The minimum atomic E-state index is -4.55. The average molecular weight is 414 g/mol. The summed E-state index contributed by atoms with van der Waals surface area (Å²) in [4.78, 5) is 24.1. The van der Waals surface area contributed by atoms with Gasteiger partial charge in [-0.3, -0.25) is 4.79 Å². The Bertz CT molecular complexity index is 962. The van der Waals surface area contributed by atoms with Crippen LogP contribution in [0.4, 0.5) is 33.6 Å². The normalized spacial score (nSPS) is 19.3. The van der Waals surface area contributed by atoms with Gasteiger partial charge in [0.25, 0.3) is 0 Å². The van der Waals surface area contributed by atoms with Gasteiger partial charge < -0.3 is 16.0 Å². The number of alkyl halides is 3. The first-order valence-corrected chi connectivity index (χ1v) is 8.72. The van der Waals surface area contributed by atoms with Gasteiger partial charge >= 0.3 is 6.18 Å². The molecule has 2 aliphatic rings. The molecule has 1 aliphatic carbocycles. The van der Waals surface area contributed by atoms with E-state index in [2.05, 4.69) is 25.6 Å². The number of carbonyl (C=O) groups excluding carboxylic acids is 1. The molecule has 12 heteroatoms. The maximum Gasteiger partial charge on any atom is 0.405 e. The van der Waals surface area contributed by atoms with Crippen molar-refractivity contribution >= 4 is 17.5 Å². The Hall–Kier alpha value is -3.05. The molecule has 0 saturated heterocycles. The van der Waals surface area contributed by atoms with E-state index < -0.39 is 41.7 Å². The number of carbonyl (C=O) groups is 1. The summed E-state index contributed by atoms with van der Waals surface area (Å²) in [5.41, 5.74) is -0.844. The van der Waals surface area contributed by atoms with E-state index >= 15 is 0 Å². The summed E-state index contributed by atoms with van der Waals surface area (Å²) in [6, 6.07) is 1.28. The number of halogens is 5. The Kier molecular flexibility index (Phi) is 4.50. The van der Waals surface area contributed by atoms with Crippen LogP contribution in [0.1, 0.15) is 30.1 Å². The van der Waals surface area contributed by atoms with Gasteiger partial charge in [-0.15, -0.1) is 0 Å². The number of nitrogens with one attached hydrogen (secondary N) is 3. The number of anilines is 2. The summed E-state index contributed by atoms with van der Waals surface area (Å²) in [6.45, 7) is -1.16. The van der Waals surface area contributed by atoms with Crippen molar-refractivity contribution in [3.63, 3.8) is 0 Å². The van der Waals surface area contributed by atoms with E-state index in [-0.39, 0.29) is 24.5 Å². The third kappa shape index (κ3) is 3.91. The van der Waals surface area contributed by atoms with Crippen LogP contribution in [0.3, 0.4) is 0 Å². The van der Waals surface area contributed by atoms with Crippen LogP contribution < -0.4 is 16.0 Å². The molecule has 154 valence electrons. The number of aromatic nitrogens is 3. The maximum absolute atomic E-state index is 14.2. The summed E-state index contributed by atoms with van der Waals surface area (Å²) in [6.07, 6.45) is -2.12. The van der Waals surface area contributed by atoms with Crippen LogP contribution in [-0.4, -0.2) is 45.7 Å². The standard InChI is InChI=1S/C17H15F5N6O/c18-8-3-9-10(5-24-12(9)23-4-8)13-25-6-11(19)14(27-13)28-16(1-2-16)15(29)26-7-17(20,21)22/h3-4,6,10H,1-2,5,7H2,(H,23,24)(H,26,29)(H,25,27,28). The second-order valence-corrected chi connectivity index (χ2v) is 6.95. The second kappa shape index (κ2) is 6.78. The van der Waals surface area contributed by atoms with E-state index in [1.54, 1.807) is 5.32 Å². The molecule has 2 aromatic heterocycles. The smallest absolute Gasteiger partial charge is 0.369 e. The number of nitrogens with zero attached hydrogens (tertiary/aromatic N) is 3. The zero-order valence-corrected chi connectivity index (χ0v) is 14.8. The molecule has 1 fully saturated rings. The van der Waals surface area contributed by atoms with Crippen LogP contribution in [0.15, 0.2) is 18.5 Å². The van der Waals surface area contributed by atoms with Crippen molar-refractivity contribution in [2.75, 3.05) is 23.7 Å². The van der Waals surface area contributed by atoms with Crippen molar-refractivity contribution in [2.24, 2.45) is 0 Å². The van der Waals surface area contributed by atoms with Crippen LogP contribution >= 0.6 is 0 Å². The molecule has 29 heavy (non-hydrogen) atoms. The number of pyridine rings is 1. The largest absolute Gasteiger partial charge is 0.405 e. The van der Waals surface area contributed by atoms with Crippen LogP contribution in [0.2, 0.25) is 0 Å². The SMILES string of the molecule is O=C(NCC(F)(F)F)C1(Nc2nc(C3CNc4ncc(F)cc43)ncc2F)CC1. The van der Waals surface area contributed by atoms with Crippen LogP contribution in [0.5, 0.6) is 0 Å². The minimum absolute atomic E-state index is 0.166. The molecule has 3 heterocycles. The lowest BCUT2D eigenvalue weighted by Crippen LogP contribution is -2.45. The number of hydrogen-bond donors (Lipinski definition) is 3. The van der Waals surface area contributed by atoms with E-state index in [4.69, 9.17) is 0 Å². The molecule has 1 saturated carbocycles. The predicted molar refractivity (Wildman–Crippen MR) is 91.2 cm³/mol. The summed E-state index contributed by atoms with van der Waals surface area (Å²) < 4.78 is 64.8. The summed E-state index contributed by atoms with van der Waals surface area (Å²) >= 11 is 0. The molecule has 0 spiro atoms. The van der Waals surface area contributed by atoms with Crippen molar-refractivity contribution in [2.45, 2.75) is 30.5 Å². The minimum Gasteiger partial charge on any atom is -0.369 e. The molecule has 1 unspecified atom stereocenters. The Morgan fingerprint density at radius 1 is 1.24 bits per heavy atom. The van der Waals surface area contributed by atoms with E-state index in [9.17, 15) is 26.7 Å². The third-order valence-electron chi connectivity index (χ3n) is 4.80. The number of amides is 1. The van der Waals surface area contributed by atoms with Crippen molar-refractivity contribution in [3.05, 3.63) is 41.5 Å². The molecular weight excluding hydrogens is 399 g/mol. The molecule has 7 nitrogen and oxygen atoms in total. The van der Waals surface area contributed by atoms with Crippen molar-refractivity contribution in [1.82, 2.24) is 20.3 Å². The fraction of sp³-hybridized carbons (Fsp3) is 0.412. The van der Waals surface area contributed by atoms with Crippen LogP contribution in [-0.2, 0) is 4.79 Å². The summed E-state index contributed by atoms with van der Waals surface area (Å²) in [7, 11) is 0. The lowest BCUT2D eigenvalue weighted by Gasteiger charge is -2.19. The first-order valence-electron chi connectivity index (χ1n) is 8.72. The topological polar surface area (TPSA) is 91.8 Å². The van der Waals surface area contributed by atoms with E-state index in [0.717, 1.165) is 12.4 Å². The molecule has 2 aromatic rings. The average Bonchev–Trinajstić information content (AvgIpc) is 3.32. The maximum atomic E-state index is 14.2. The van der Waals surface area contributed by atoms with Gasteiger partial charge in [0, 0.05) is 12.1 Å². The van der Waals surface area contributed by atoms with Crippen LogP contribution in [0.25, 0.3) is 0 Å². The Morgan fingerprint density at radius 3 is 2.69 bits per heavy atom. The van der Waals surface area contributed by atoms with E-state index in [0.29, 0.717) is 17.9 Å². The molecule has 0 radical (unpaired) electrons. The number of hydrogen-bond acceptors (Lipinski definition) is 6. The predicted octanol–water partition coefficient (Wildman–Crippen LogP) is 2.33. The van der Waals surface area contributed by atoms with Crippen molar-refractivity contribution < 1.29 is 26.7 Å². The molecule has 3 N–H and O–H groups in total. The van der Waals surface area contributed by atoms with Gasteiger partial charge in [-0.2, -0.15) is 13.2 Å². The number of rotatable bonds is 5. The molecule has 0 aromatic carbocycles. The molecule has 0 bridgehead atoms. The molecular formula is C17H15F5N6O. The van der Waals surface area contributed by atoms with E-state index in [1.807, 2.05) is 0 Å². The summed E-state index contributed by atoms with van der Waals surface area (Å²) in [5, 5.41) is 7.40. The van der Waals surface area contributed by atoms with Gasteiger partial charge in [0.15, 0.2) is 11.6 Å². The third-order valence-corrected chi connectivity index (χ3v) is 4.80. The fourth-order valence-electron chi connectivity index (χ4n) is 3.15. The summed E-state index contributed by atoms with van der Waals surface area (Å²) in [5.74, 6) is -2.45. The molecule has 4 rings (SSSR count). The van der Waals surface area contributed by atoms with Gasteiger partial charge in [-0.1, -0.05) is 0 Å². The van der Waals surface area contributed by atoms with Gasteiger partial charge in [0.05, 0.1) is 18.3 Å². The Morgan fingerprint density at radius 2 is 2.00 bits per heavy atom. The van der Waals surface area contributed by atoms with Gasteiger partial charge in [0.2, 0.25) is 5.91 Å². The highest BCUT2D eigenvalue weighted by Crippen LogP contribution is 2.40. The van der Waals surface area contributed by atoms with E-state index in [1.165, 1.54) is 6.07 Å². The van der Waals surface area contributed by atoms with Gasteiger partial charge in [-0.25, -0.2) is 23.7 Å². The van der Waals surface area contributed by atoms with Crippen molar-refractivity contribution in [3.8, 4) is 0 Å². The lowest BCUT2D eigenvalue weighted by molar-refractivity contribution is -0.139. The van der Waals surface area contributed by atoms with Crippen molar-refractivity contribution in [1.29, 1.82) is 0 Å². The highest BCUT2D eigenvalue weighted by molar-refractivity contribution is 5.92. The quantitative estimate of drug-likeness (QED) is 0.651. The lowest BCUT2D eigenvalue weighted by atomic mass is 10.0. The van der Waals surface area contributed by atoms with Gasteiger partial charge in [-0.05, 0) is 18.9 Å². The zero-order valence-electron chi connectivity index (χ0n) is 14.8. The number of fused-ring (bicyclic) bond motifs is 1. The molecule has 1 atom stereocenters. The Labute approximate surface area is 161 Å². The van der Waals surface area contributed by atoms with Crippen LogP contribution in [0, 0.1) is 11.6 Å². The Balaban J connectivity index is 1.55. The second-order valence-electron chi connectivity index (χ2n) is 6.95. The monoisotopic (exact) mass is 414 g/mol. The molecule has 1 aliphatic heterocycles. The molecule has 1 amide bonds. The first-order chi connectivity index (χ1) is 13.7. The highest BCUT2D eigenvalue weighted by atomic mass is 19.4.